The predicted molar refractivity (Wildman–Crippen MR) is 78.9 cm³/mol. The Balaban J connectivity index is 1.86. The van der Waals surface area contributed by atoms with Crippen LogP contribution in [0.1, 0.15) is 5.56 Å². The largest absolute Gasteiger partial charge is 0.508 e. The first-order valence-corrected chi connectivity index (χ1v) is 6.13. The van der Waals surface area contributed by atoms with Gasteiger partial charge in [-0.05, 0) is 42.0 Å². The van der Waals surface area contributed by atoms with Crippen molar-refractivity contribution in [2.45, 2.75) is 0 Å². The number of hydrogen-bond donors (Lipinski definition) is 3. The molecular formula is C15H13N3O3. The Morgan fingerprint density at radius 1 is 0.952 bits per heavy atom. The van der Waals surface area contributed by atoms with Gasteiger partial charge >= 0.3 is 11.8 Å². The van der Waals surface area contributed by atoms with Crippen molar-refractivity contribution < 1.29 is 14.7 Å². The Morgan fingerprint density at radius 3 is 2.29 bits per heavy atom. The molecule has 0 unspecified atom stereocenters. The summed E-state index contributed by atoms with van der Waals surface area (Å²) in [6.07, 6.45) is 1.37. The Bertz CT molecular complexity index is 652. The predicted octanol–water partition coefficient (Wildman–Crippen LogP) is 1.48. The molecule has 0 radical (unpaired) electrons. The highest BCUT2D eigenvalue weighted by atomic mass is 16.3. The average Bonchev–Trinajstić information content (AvgIpc) is 2.50. The minimum absolute atomic E-state index is 0.137. The van der Waals surface area contributed by atoms with Gasteiger partial charge in [-0.3, -0.25) is 9.59 Å². The van der Waals surface area contributed by atoms with Crippen molar-refractivity contribution in [2.24, 2.45) is 5.10 Å². The molecule has 2 aromatic carbocycles. The number of amides is 2. The van der Waals surface area contributed by atoms with Gasteiger partial charge in [-0.15, -0.1) is 0 Å². The highest BCUT2D eigenvalue weighted by Crippen LogP contribution is 2.07. The zero-order valence-electron chi connectivity index (χ0n) is 11.0. The number of carbonyl (C=O) groups excluding carboxylic acids is 2. The number of hydrogen-bond acceptors (Lipinski definition) is 4. The Hall–Kier alpha value is -3.15. The van der Waals surface area contributed by atoms with Crippen LogP contribution in [0.15, 0.2) is 59.7 Å². The summed E-state index contributed by atoms with van der Waals surface area (Å²) < 4.78 is 0. The summed E-state index contributed by atoms with van der Waals surface area (Å²) in [5, 5.41) is 15.2. The van der Waals surface area contributed by atoms with E-state index in [1.807, 2.05) is 0 Å². The Morgan fingerprint density at radius 2 is 1.62 bits per heavy atom. The molecule has 2 amide bonds. The molecule has 0 fully saturated rings. The molecule has 0 spiro atoms. The van der Waals surface area contributed by atoms with Gasteiger partial charge in [0.15, 0.2) is 0 Å². The second kappa shape index (κ2) is 6.85. The number of benzene rings is 2. The molecule has 0 aliphatic rings. The van der Waals surface area contributed by atoms with Crippen molar-refractivity contribution in [3.8, 4) is 5.75 Å². The van der Waals surface area contributed by atoms with Gasteiger partial charge in [-0.2, -0.15) is 5.10 Å². The van der Waals surface area contributed by atoms with E-state index in [0.29, 0.717) is 11.3 Å². The Kier molecular flexibility index (Phi) is 4.66. The van der Waals surface area contributed by atoms with E-state index in [4.69, 9.17) is 5.11 Å². The number of phenols is 1. The average molecular weight is 283 g/mol. The maximum atomic E-state index is 11.6. The number of hydrazone groups is 1. The molecule has 2 rings (SSSR count). The topological polar surface area (TPSA) is 90.8 Å². The summed E-state index contributed by atoms with van der Waals surface area (Å²) in [6.45, 7) is 0. The normalized spacial score (nSPS) is 10.3. The maximum absolute atomic E-state index is 11.6. The van der Waals surface area contributed by atoms with Crippen LogP contribution in [0, 0.1) is 0 Å². The molecule has 2 aromatic rings. The number of aromatic hydroxyl groups is 1. The van der Waals surface area contributed by atoms with Crippen LogP contribution in [0.25, 0.3) is 0 Å². The minimum atomic E-state index is -0.867. The summed E-state index contributed by atoms with van der Waals surface area (Å²) in [7, 11) is 0. The smallest absolute Gasteiger partial charge is 0.329 e. The van der Waals surface area contributed by atoms with Crippen molar-refractivity contribution in [1.29, 1.82) is 0 Å². The van der Waals surface area contributed by atoms with Gasteiger partial charge in [0.25, 0.3) is 0 Å². The van der Waals surface area contributed by atoms with E-state index >= 15 is 0 Å². The van der Waals surface area contributed by atoms with Crippen molar-refractivity contribution in [2.75, 3.05) is 5.32 Å². The number of anilines is 1. The zero-order valence-corrected chi connectivity index (χ0v) is 11.0. The van der Waals surface area contributed by atoms with Crippen LogP contribution in [0.4, 0.5) is 5.69 Å². The molecule has 0 aromatic heterocycles. The maximum Gasteiger partial charge on any atom is 0.329 e. The van der Waals surface area contributed by atoms with E-state index < -0.39 is 11.8 Å². The number of phenolic OH excluding ortho intramolecular Hbond substituents is 1. The highest BCUT2D eigenvalue weighted by Gasteiger charge is 2.12. The highest BCUT2D eigenvalue weighted by molar-refractivity contribution is 6.39. The van der Waals surface area contributed by atoms with Gasteiger partial charge in [-0.1, -0.05) is 18.2 Å². The molecule has 0 saturated heterocycles. The summed E-state index contributed by atoms with van der Waals surface area (Å²) >= 11 is 0. The van der Waals surface area contributed by atoms with Crippen LogP contribution in [0.2, 0.25) is 0 Å². The molecule has 6 heteroatoms. The Labute approximate surface area is 121 Å². The lowest BCUT2D eigenvalue weighted by Crippen LogP contribution is -2.32. The lowest BCUT2D eigenvalue weighted by Gasteiger charge is -2.02. The van der Waals surface area contributed by atoms with Crippen LogP contribution in [0.5, 0.6) is 5.75 Å². The van der Waals surface area contributed by atoms with Crippen LogP contribution in [-0.2, 0) is 9.59 Å². The fraction of sp³-hybridized carbons (Fsp3) is 0. The second-order valence-corrected chi connectivity index (χ2v) is 4.11. The fourth-order valence-corrected chi connectivity index (χ4v) is 1.49. The monoisotopic (exact) mass is 283 g/mol. The third kappa shape index (κ3) is 4.46. The van der Waals surface area contributed by atoms with Crippen molar-refractivity contribution >= 4 is 23.7 Å². The SMILES string of the molecule is O=C(N/N=C/c1ccc(O)cc1)C(=O)Nc1ccccc1. The molecule has 0 aliphatic heterocycles. The molecule has 21 heavy (non-hydrogen) atoms. The minimum Gasteiger partial charge on any atom is -0.508 e. The molecule has 0 saturated carbocycles. The zero-order chi connectivity index (χ0) is 15.1. The van der Waals surface area contributed by atoms with Gasteiger partial charge < -0.3 is 10.4 Å². The van der Waals surface area contributed by atoms with Gasteiger partial charge in [0, 0.05) is 5.69 Å². The van der Waals surface area contributed by atoms with Gasteiger partial charge in [0.2, 0.25) is 0 Å². The van der Waals surface area contributed by atoms with Gasteiger partial charge in [0.1, 0.15) is 5.75 Å². The molecule has 0 atom stereocenters. The van der Waals surface area contributed by atoms with Crippen molar-refractivity contribution in [1.82, 2.24) is 5.43 Å². The van der Waals surface area contributed by atoms with Crippen molar-refractivity contribution in [3.05, 3.63) is 60.2 Å². The lowest BCUT2D eigenvalue weighted by molar-refractivity contribution is -0.136. The van der Waals surface area contributed by atoms with Crippen LogP contribution >= 0.6 is 0 Å². The summed E-state index contributed by atoms with van der Waals surface area (Å²) in [5.74, 6) is -1.53. The first-order chi connectivity index (χ1) is 10.1. The van der Waals surface area contributed by atoms with Crippen LogP contribution < -0.4 is 10.7 Å². The van der Waals surface area contributed by atoms with E-state index in [1.54, 1.807) is 42.5 Å². The third-order valence-electron chi connectivity index (χ3n) is 2.51. The lowest BCUT2D eigenvalue weighted by atomic mass is 10.2. The van der Waals surface area contributed by atoms with E-state index in [2.05, 4.69) is 15.8 Å². The molecule has 0 heterocycles. The summed E-state index contributed by atoms with van der Waals surface area (Å²) in [4.78, 5) is 23.1. The number of para-hydroxylation sites is 1. The number of nitrogens with one attached hydrogen (secondary N) is 2. The molecule has 6 nitrogen and oxygen atoms in total. The van der Waals surface area contributed by atoms with E-state index in [9.17, 15) is 9.59 Å². The molecule has 0 aliphatic carbocycles. The molecular weight excluding hydrogens is 270 g/mol. The summed E-state index contributed by atoms with van der Waals surface area (Å²) in [5.41, 5.74) is 3.33. The van der Waals surface area contributed by atoms with E-state index in [-0.39, 0.29) is 5.75 Å². The van der Waals surface area contributed by atoms with Gasteiger partial charge in [0.05, 0.1) is 6.21 Å². The number of carbonyl (C=O) groups is 2. The van der Waals surface area contributed by atoms with Crippen LogP contribution in [0.3, 0.4) is 0 Å². The summed E-state index contributed by atoms with van der Waals surface area (Å²) in [6, 6.07) is 14.9. The first-order valence-electron chi connectivity index (χ1n) is 6.13. The number of nitrogens with zero attached hydrogens (tertiary/aromatic N) is 1. The standard InChI is InChI=1S/C15H13N3O3/c19-13-8-6-11(7-9-13)10-16-18-15(21)14(20)17-12-4-2-1-3-5-12/h1-10,19H,(H,17,20)(H,18,21)/b16-10+. The first kappa shape index (κ1) is 14.3. The molecule has 106 valence electrons. The number of rotatable bonds is 3. The van der Waals surface area contributed by atoms with Gasteiger partial charge in [-0.25, -0.2) is 5.43 Å². The fourth-order valence-electron chi connectivity index (χ4n) is 1.49. The van der Waals surface area contributed by atoms with Crippen molar-refractivity contribution in [3.63, 3.8) is 0 Å². The third-order valence-corrected chi connectivity index (χ3v) is 2.51. The van der Waals surface area contributed by atoms with E-state index in [1.165, 1.54) is 18.3 Å². The quantitative estimate of drug-likeness (QED) is 0.452. The van der Waals surface area contributed by atoms with E-state index in [0.717, 1.165) is 0 Å². The molecule has 3 N–H and O–H groups in total. The molecule has 0 bridgehead atoms. The second-order valence-electron chi connectivity index (χ2n) is 4.11. The van der Waals surface area contributed by atoms with Crippen LogP contribution in [-0.4, -0.2) is 23.1 Å².